The van der Waals surface area contributed by atoms with Crippen LogP contribution in [0.15, 0.2) is 30.3 Å². The van der Waals surface area contributed by atoms with E-state index in [0.717, 1.165) is 30.8 Å². The predicted octanol–water partition coefficient (Wildman–Crippen LogP) is 3.59. The molecule has 0 amide bonds. The van der Waals surface area contributed by atoms with Crippen LogP contribution in [0.5, 0.6) is 0 Å². The van der Waals surface area contributed by atoms with Crippen molar-refractivity contribution in [3.8, 4) is 0 Å². The Morgan fingerprint density at radius 2 is 2.12 bits per heavy atom. The molecule has 1 aromatic carbocycles. The van der Waals surface area contributed by atoms with Crippen LogP contribution in [0.3, 0.4) is 0 Å². The van der Waals surface area contributed by atoms with E-state index < -0.39 is 0 Å². The van der Waals surface area contributed by atoms with Gasteiger partial charge in [-0.25, -0.2) is 4.79 Å². The van der Waals surface area contributed by atoms with Crippen molar-refractivity contribution in [1.29, 1.82) is 0 Å². The first-order valence-corrected chi connectivity index (χ1v) is 9.19. The van der Waals surface area contributed by atoms with Crippen LogP contribution in [-0.2, 0) is 16.0 Å². The molecule has 0 unspecified atom stereocenters. The Morgan fingerprint density at radius 3 is 2.77 bits per heavy atom. The molecule has 2 heterocycles. The maximum atomic E-state index is 11.2. The van der Waals surface area contributed by atoms with Gasteiger partial charge < -0.3 is 4.74 Å². The lowest BCUT2D eigenvalue weighted by atomic mass is 10.0. The molecule has 1 aliphatic heterocycles. The van der Waals surface area contributed by atoms with E-state index in [0.29, 0.717) is 6.04 Å². The quantitative estimate of drug-likeness (QED) is 0.637. The van der Waals surface area contributed by atoms with Crippen LogP contribution in [0.1, 0.15) is 47.0 Å². The maximum Gasteiger partial charge on any atom is 0.330 e. The van der Waals surface area contributed by atoms with Gasteiger partial charge >= 0.3 is 5.97 Å². The summed E-state index contributed by atoms with van der Waals surface area (Å²) >= 11 is 0. The molecule has 26 heavy (non-hydrogen) atoms. The van der Waals surface area contributed by atoms with Crippen LogP contribution in [0.25, 0.3) is 6.08 Å². The molecule has 0 aliphatic carbocycles. The number of carbonyl (C=O) groups excluding carboxylic acids is 1. The Hall–Kier alpha value is -2.40. The fraction of sp³-hybridized carbons (Fsp3) is 0.429. The Kier molecular flexibility index (Phi) is 5.89. The molecule has 0 saturated carbocycles. The Labute approximate surface area is 155 Å². The number of methoxy groups -OCH3 is 1. The number of nitrogens with one attached hydrogen (secondary N) is 1. The molecule has 3 rings (SSSR count). The van der Waals surface area contributed by atoms with Gasteiger partial charge in [0.15, 0.2) is 0 Å². The summed E-state index contributed by atoms with van der Waals surface area (Å²) in [6.07, 6.45) is 6.70. The van der Waals surface area contributed by atoms with Crippen LogP contribution >= 0.6 is 0 Å². The predicted molar refractivity (Wildman–Crippen MR) is 103 cm³/mol. The molecule has 5 heteroatoms. The van der Waals surface area contributed by atoms with Crippen LogP contribution in [0.2, 0.25) is 0 Å². The van der Waals surface area contributed by atoms with Crippen LogP contribution in [0, 0.1) is 13.8 Å². The Morgan fingerprint density at radius 1 is 1.35 bits per heavy atom. The minimum Gasteiger partial charge on any atom is -0.466 e. The molecule has 1 N–H and O–H groups in total. The van der Waals surface area contributed by atoms with Crippen molar-refractivity contribution in [2.45, 2.75) is 39.2 Å². The lowest BCUT2D eigenvalue weighted by molar-refractivity contribution is -0.134. The van der Waals surface area contributed by atoms with Gasteiger partial charge in [0.2, 0.25) is 0 Å². The lowest BCUT2D eigenvalue weighted by Crippen LogP contribution is -2.26. The molecule has 0 radical (unpaired) electrons. The van der Waals surface area contributed by atoms with Crippen molar-refractivity contribution < 1.29 is 9.53 Å². The number of carbonyl (C=O) groups is 1. The van der Waals surface area contributed by atoms with Gasteiger partial charge in [0, 0.05) is 24.4 Å². The smallest absolute Gasteiger partial charge is 0.330 e. The highest BCUT2D eigenvalue weighted by Crippen LogP contribution is 2.32. The second-order valence-corrected chi connectivity index (χ2v) is 6.88. The number of esters is 1. The minimum atomic E-state index is -0.333. The summed E-state index contributed by atoms with van der Waals surface area (Å²) in [5.41, 5.74) is 5.99. The zero-order valence-corrected chi connectivity index (χ0v) is 15.8. The summed E-state index contributed by atoms with van der Waals surface area (Å²) < 4.78 is 4.63. The number of rotatable bonds is 6. The van der Waals surface area contributed by atoms with Gasteiger partial charge in [0.25, 0.3) is 0 Å². The van der Waals surface area contributed by atoms with Gasteiger partial charge in [-0.3, -0.25) is 10.00 Å². The van der Waals surface area contributed by atoms with Gasteiger partial charge in [-0.15, -0.1) is 0 Å². The largest absolute Gasteiger partial charge is 0.466 e. The highest BCUT2D eigenvalue weighted by Gasteiger charge is 2.25. The third-order valence-corrected chi connectivity index (χ3v) is 5.23. The summed E-state index contributed by atoms with van der Waals surface area (Å²) in [4.78, 5) is 13.8. The highest BCUT2D eigenvalue weighted by atomic mass is 16.5. The van der Waals surface area contributed by atoms with Crippen LogP contribution in [-0.4, -0.2) is 41.3 Å². The average Bonchev–Trinajstić information content (AvgIpc) is 3.25. The van der Waals surface area contributed by atoms with Crippen molar-refractivity contribution in [2.75, 3.05) is 20.2 Å². The number of nitrogens with zero attached hydrogens (tertiary/aromatic N) is 2. The van der Waals surface area contributed by atoms with Gasteiger partial charge in [-0.05, 0) is 62.4 Å². The number of hydrogen-bond acceptors (Lipinski definition) is 4. The fourth-order valence-corrected chi connectivity index (χ4v) is 3.73. The third kappa shape index (κ3) is 4.22. The van der Waals surface area contributed by atoms with E-state index in [2.05, 4.69) is 57.9 Å². The normalized spacial score (nSPS) is 17.9. The zero-order valence-electron chi connectivity index (χ0n) is 15.8. The van der Waals surface area contributed by atoms with E-state index >= 15 is 0 Å². The molecule has 2 aromatic rings. The fourth-order valence-electron chi connectivity index (χ4n) is 3.73. The number of ether oxygens (including phenoxy) is 1. The van der Waals surface area contributed by atoms with Crippen molar-refractivity contribution in [1.82, 2.24) is 15.1 Å². The van der Waals surface area contributed by atoms with Crippen molar-refractivity contribution in [3.63, 3.8) is 0 Å². The first-order valence-electron chi connectivity index (χ1n) is 9.19. The van der Waals surface area contributed by atoms with Gasteiger partial charge in [0.05, 0.1) is 12.8 Å². The summed E-state index contributed by atoms with van der Waals surface area (Å²) in [5.74, 6) is -0.333. The number of likely N-dealkylation sites (tertiary alicyclic amines) is 1. The molecule has 1 aromatic heterocycles. The Balaban J connectivity index is 1.64. The van der Waals surface area contributed by atoms with E-state index in [-0.39, 0.29) is 5.97 Å². The first-order chi connectivity index (χ1) is 12.6. The van der Waals surface area contributed by atoms with E-state index in [4.69, 9.17) is 0 Å². The molecule has 1 aliphatic rings. The molecule has 5 nitrogen and oxygen atoms in total. The van der Waals surface area contributed by atoms with E-state index in [1.54, 1.807) is 6.08 Å². The minimum absolute atomic E-state index is 0.333. The highest BCUT2D eigenvalue weighted by molar-refractivity contribution is 5.86. The number of H-pyrrole nitrogens is 1. The topological polar surface area (TPSA) is 58.2 Å². The van der Waals surface area contributed by atoms with E-state index in [1.807, 2.05) is 0 Å². The van der Waals surface area contributed by atoms with Gasteiger partial charge in [-0.2, -0.15) is 5.10 Å². The van der Waals surface area contributed by atoms with E-state index in [1.165, 1.54) is 42.8 Å². The SMILES string of the molecule is COC(=O)C=Cc1ccc([C@@H]2CCCN2CCc2c(C)n[nH]c2C)cc1. The Bertz CT molecular complexity index is 758. The molecular weight excluding hydrogens is 326 g/mol. The number of benzene rings is 1. The van der Waals surface area contributed by atoms with Crippen LogP contribution < -0.4 is 0 Å². The summed E-state index contributed by atoms with van der Waals surface area (Å²) in [6.45, 7) is 6.36. The van der Waals surface area contributed by atoms with E-state index in [9.17, 15) is 4.79 Å². The molecule has 1 fully saturated rings. The van der Waals surface area contributed by atoms with Gasteiger partial charge in [-0.1, -0.05) is 24.3 Å². The number of aromatic nitrogens is 2. The summed E-state index contributed by atoms with van der Waals surface area (Å²) in [7, 11) is 1.39. The molecule has 0 bridgehead atoms. The second kappa shape index (κ2) is 8.32. The molecule has 1 saturated heterocycles. The lowest BCUT2D eigenvalue weighted by Gasteiger charge is -2.25. The number of aryl methyl sites for hydroxylation is 2. The maximum absolute atomic E-state index is 11.2. The zero-order chi connectivity index (χ0) is 18.5. The second-order valence-electron chi connectivity index (χ2n) is 6.88. The third-order valence-electron chi connectivity index (χ3n) is 5.23. The molecule has 0 spiro atoms. The standard InChI is InChI=1S/C21H27N3O2/c1-15-19(16(2)23-22-15)12-14-24-13-4-5-20(24)18-9-6-17(7-10-18)8-11-21(25)26-3/h6-11,20H,4-5,12-14H2,1-3H3,(H,22,23)/t20-/m0/s1. The van der Waals surface area contributed by atoms with Gasteiger partial charge in [0.1, 0.15) is 0 Å². The monoisotopic (exact) mass is 353 g/mol. The molecular formula is C21H27N3O2. The molecule has 1 atom stereocenters. The van der Waals surface area contributed by atoms with Crippen molar-refractivity contribution in [3.05, 3.63) is 58.4 Å². The van der Waals surface area contributed by atoms with Crippen LogP contribution in [0.4, 0.5) is 0 Å². The van der Waals surface area contributed by atoms with Crippen molar-refractivity contribution >= 4 is 12.0 Å². The summed E-state index contributed by atoms with van der Waals surface area (Å²) in [5, 5.41) is 7.38. The summed E-state index contributed by atoms with van der Waals surface area (Å²) in [6, 6.07) is 8.95. The van der Waals surface area contributed by atoms with Crippen molar-refractivity contribution in [2.24, 2.45) is 0 Å². The number of aromatic amines is 1. The average molecular weight is 353 g/mol. The first kappa shape index (κ1) is 18.4. The number of hydrogen-bond donors (Lipinski definition) is 1. The molecule has 138 valence electrons.